The van der Waals surface area contributed by atoms with Gasteiger partial charge in [0.2, 0.25) is 5.13 Å². The molecule has 3 rings (SSSR count). The summed E-state index contributed by atoms with van der Waals surface area (Å²) >= 11 is 1.51. The molecule has 24 heavy (non-hydrogen) atoms. The summed E-state index contributed by atoms with van der Waals surface area (Å²) in [7, 11) is 1.37. The lowest BCUT2D eigenvalue weighted by atomic mass is 10.1. The van der Waals surface area contributed by atoms with Crippen LogP contribution < -0.4 is 4.90 Å². The number of carbonyl (C=O) groups is 1. The average Bonchev–Trinajstić information content (AvgIpc) is 3.06. The fraction of sp³-hybridized carbons (Fsp3) is 0.176. The molecule has 0 aliphatic rings. The molecule has 0 unspecified atom stereocenters. The Hall–Kier alpha value is -2.80. The summed E-state index contributed by atoms with van der Waals surface area (Å²) in [5.41, 5.74) is 1.55. The van der Waals surface area contributed by atoms with E-state index in [1.807, 2.05) is 42.2 Å². The van der Waals surface area contributed by atoms with Gasteiger partial charge >= 0.3 is 5.97 Å². The predicted octanol–water partition coefficient (Wildman–Crippen LogP) is 3.37. The lowest BCUT2D eigenvalue weighted by molar-refractivity contribution is 0.0600. The number of rotatable bonds is 5. The maximum Gasteiger partial charge on any atom is 0.337 e. The van der Waals surface area contributed by atoms with Gasteiger partial charge in [-0.25, -0.2) is 9.78 Å². The molecule has 1 aromatic carbocycles. The van der Waals surface area contributed by atoms with Crippen LogP contribution in [0.2, 0.25) is 0 Å². The molecule has 0 amide bonds. The van der Waals surface area contributed by atoms with Crippen molar-refractivity contribution in [1.82, 2.24) is 15.2 Å². The number of ether oxygens (including phenoxy) is 1. The maximum absolute atomic E-state index is 11.5. The smallest absolute Gasteiger partial charge is 0.337 e. The monoisotopic (exact) mass is 340 g/mol. The van der Waals surface area contributed by atoms with Crippen LogP contribution in [0.25, 0.3) is 0 Å². The van der Waals surface area contributed by atoms with Gasteiger partial charge < -0.3 is 4.74 Å². The molecule has 2 heterocycles. The first-order valence-corrected chi connectivity index (χ1v) is 8.15. The Morgan fingerprint density at radius 3 is 2.54 bits per heavy atom. The third-order valence-corrected chi connectivity index (χ3v) is 4.25. The van der Waals surface area contributed by atoms with Crippen LogP contribution in [-0.4, -0.2) is 28.3 Å². The zero-order valence-corrected chi connectivity index (χ0v) is 14.2. The second kappa shape index (κ2) is 7.18. The molecule has 0 saturated heterocycles. The van der Waals surface area contributed by atoms with E-state index in [1.54, 1.807) is 18.3 Å². The Labute approximate surface area is 143 Å². The van der Waals surface area contributed by atoms with Gasteiger partial charge in [-0.1, -0.05) is 29.5 Å². The highest BCUT2D eigenvalue weighted by Gasteiger charge is 2.16. The summed E-state index contributed by atoms with van der Waals surface area (Å²) in [5, 5.41) is 10.00. The number of aryl methyl sites for hydroxylation is 1. The summed E-state index contributed by atoms with van der Waals surface area (Å²) in [6.45, 7) is 2.50. The first kappa shape index (κ1) is 16.1. The molecular weight excluding hydrogens is 324 g/mol. The number of benzene rings is 1. The number of carbonyl (C=O) groups excluding carboxylic acids is 1. The van der Waals surface area contributed by atoms with E-state index in [1.165, 1.54) is 18.4 Å². The van der Waals surface area contributed by atoms with Gasteiger partial charge in [-0.3, -0.25) is 4.90 Å². The van der Waals surface area contributed by atoms with Crippen molar-refractivity contribution >= 4 is 28.3 Å². The van der Waals surface area contributed by atoms with E-state index >= 15 is 0 Å². The van der Waals surface area contributed by atoms with Gasteiger partial charge in [0, 0.05) is 6.20 Å². The Morgan fingerprint density at radius 2 is 1.96 bits per heavy atom. The van der Waals surface area contributed by atoms with Gasteiger partial charge in [-0.2, -0.15) is 0 Å². The first-order valence-electron chi connectivity index (χ1n) is 7.33. The molecule has 0 atom stereocenters. The SMILES string of the molecule is COC(=O)c1ccc(CN(c2ccccn2)c2nnc(C)s2)cc1. The molecule has 0 N–H and O–H groups in total. The molecule has 7 heteroatoms. The number of nitrogens with zero attached hydrogens (tertiary/aromatic N) is 4. The molecule has 0 fully saturated rings. The van der Waals surface area contributed by atoms with Gasteiger partial charge in [-0.05, 0) is 36.8 Å². The Kier molecular flexibility index (Phi) is 4.81. The van der Waals surface area contributed by atoms with E-state index in [4.69, 9.17) is 4.74 Å². The standard InChI is InChI=1S/C17H16N4O2S/c1-12-19-20-17(24-12)21(15-5-3-4-10-18-15)11-13-6-8-14(9-7-13)16(22)23-2/h3-10H,11H2,1-2H3. The maximum atomic E-state index is 11.5. The molecule has 122 valence electrons. The highest BCUT2D eigenvalue weighted by Crippen LogP contribution is 2.28. The van der Waals surface area contributed by atoms with Crippen molar-refractivity contribution in [3.05, 3.63) is 64.8 Å². The predicted molar refractivity (Wildman–Crippen MR) is 92.5 cm³/mol. The van der Waals surface area contributed by atoms with Crippen LogP contribution in [0, 0.1) is 6.92 Å². The molecule has 3 aromatic rings. The van der Waals surface area contributed by atoms with Crippen molar-refractivity contribution in [3.8, 4) is 0 Å². The fourth-order valence-electron chi connectivity index (χ4n) is 2.20. The first-order chi connectivity index (χ1) is 11.7. The number of pyridine rings is 1. The topological polar surface area (TPSA) is 68.2 Å². The molecule has 0 saturated carbocycles. The second-order valence-corrected chi connectivity index (χ2v) is 6.23. The van der Waals surface area contributed by atoms with E-state index in [9.17, 15) is 4.79 Å². The molecule has 0 radical (unpaired) electrons. The summed E-state index contributed by atoms with van der Waals surface area (Å²) in [6.07, 6.45) is 1.75. The minimum atomic E-state index is -0.345. The van der Waals surface area contributed by atoms with Gasteiger partial charge in [0.05, 0.1) is 19.2 Å². The lowest BCUT2D eigenvalue weighted by Gasteiger charge is -2.20. The van der Waals surface area contributed by atoms with Gasteiger partial charge in [-0.15, -0.1) is 10.2 Å². The number of aromatic nitrogens is 3. The van der Waals surface area contributed by atoms with Gasteiger partial charge in [0.25, 0.3) is 0 Å². The Balaban J connectivity index is 1.88. The van der Waals surface area contributed by atoms with Crippen LogP contribution in [0.5, 0.6) is 0 Å². The highest BCUT2D eigenvalue weighted by atomic mass is 32.1. The fourth-order valence-corrected chi connectivity index (χ4v) is 2.90. The minimum Gasteiger partial charge on any atom is -0.465 e. The molecule has 6 nitrogen and oxygen atoms in total. The summed E-state index contributed by atoms with van der Waals surface area (Å²) in [4.78, 5) is 17.9. The van der Waals surface area contributed by atoms with E-state index in [0.29, 0.717) is 12.1 Å². The molecule has 0 aliphatic heterocycles. The van der Waals surface area contributed by atoms with E-state index in [0.717, 1.165) is 21.5 Å². The van der Waals surface area contributed by atoms with Crippen molar-refractivity contribution in [2.24, 2.45) is 0 Å². The summed E-state index contributed by atoms with van der Waals surface area (Å²) in [5.74, 6) is 0.452. The van der Waals surface area contributed by atoms with Crippen molar-refractivity contribution in [2.75, 3.05) is 12.0 Å². The quantitative estimate of drug-likeness (QED) is 0.663. The summed E-state index contributed by atoms with van der Waals surface area (Å²) < 4.78 is 4.72. The van der Waals surface area contributed by atoms with E-state index < -0.39 is 0 Å². The van der Waals surface area contributed by atoms with Crippen molar-refractivity contribution in [1.29, 1.82) is 0 Å². The highest BCUT2D eigenvalue weighted by molar-refractivity contribution is 7.15. The number of methoxy groups -OCH3 is 1. The Bertz CT molecular complexity index is 818. The van der Waals surface area contributed by atoms with Crippen LogP contribution in [0.15, 0.2) is 48.7 Å². The van der Waals surface area contributed by atoms with Crippen molar-refractivity contribution in [2.45, 2.75) is 13.5 Å². The number of hydrogen-bond donors (Lipinski definition) is 0. The molecule has 0 bridgehead atoms. The number of esters is 1. The molecule has 2 aromatic heterocycles. The number of anilines is 2. The average molecular weight is 340 g/mol. The van der Waals surface area contributed by atoms with Gasteiger partial charge in [0.1, 0.15) is 10.8 Å². The van der Waals surface area contributed by atoms with Crippen molar-refractivity contribution < 1.29 is 9.53 Å². The zero-order valence-electron chi connectivity index (χ0n) is 13.3. The van der Waals surface area contributed by atoms with Crippen LogP contribution >= 0.6 is 11.3 Å². The normalized spacial score (nSPS) is 10.4. The second-order valence-electron chi connectivity index (χ2n) is 5.07. The summed E-state index contributed by atoms with van der Waals surface area (Å²) in [6, 6.07) is 13.0. The molecule has 0 spiro atoms. The minimum absolute atomic E-state index is 0.345. The van der Waals surface area contributed by atoms with Crippen LogP contribution in [0.3, 0.4) is 0 Å². The lowest BCUT2D eigenvalue weighted by Crippen LogP contribution is -2.17. The van der Waals surface area contributed by atoms with Crippen molar-refractivity contribution in [3.63, 3.8) is 0 Å². The van der Waals surface area contributed by atoms with E-state index in [-0.39, 0.29) is 5.97 Å². The third kappa shape index (κ3) is 3.57. The number of hydrogen-bond acceptors (Lipinski definition) is 7. The van der Waals surface area contributed by atoms with Gasteiger partial charge in [0.15, 0.2) is 0 Å². The van der Waals surface area contributed by atoms with Crippen LogP contribution in [0.4, 0.5) is 10.9 Å². The molecule has 0 aliphatic carbocycles. The zero-order chi connectivity index (χ0) is 16.9. The molecular formula is C17H16N4O2S. The van der Waals surface area contributed by atoms with E-state index in [2.05, 4.69) is 15.2 Å². The van der Waals surface area contributed by atoms with Crippen LogP contribution in [0.1, 0.15) is 20.9 Å². The van der Waals surface area contributed by atoms with Crippen LogP contribution in [-0.2, 0) is 11.3 Å². The third-order valence-electron chi connectivity index (χ3n) is 3.39. The Morgan fingerprint density at radius 1 is 1.17 bits per heavy atom. The largest absolute Gasteiger partial charge is 0.465 e.